The summed E-state index contributed by atoms with van der Waals surface area (Å²) < 4.78 is 18.5. The van der Waals surface area contributed by atoms with Gasteiger partial charge in [-0.1, -0.05) is 12.1 Å². The Kier molecular flexibility index (Phi) is 3.05. The van der Waals surface area contributed by atoms with Crippen LogP contribution in [0.15, 0.2) is 18.2 Å². The third-order valence-corrected chi connectivity index (χ3v) is 2.42. The predicted molar refractivity (Wildman–Crippen MR) is 54.6 cm³/mol. The van der Waals surface area contributed by atoms with E-state index in [9.17, 15) is 9.18 Å². The number of halogens is 1. The lowest BCUT2D eigenvalue weighted by Gasteiger charge is -2.10. The Balaban J connectivity index is 2.05. The van der Waals surface area contributed by atoms with E-state index in [1.54, 1.807) is 12.1 Å². The summed E-state index contributed by atoms with van der Waals surface area (Å²) in [5.74, 6) is -0.619. The third-order valence-electron chi connectivity index (χ3n) is 2.42. The van der Waals surface area contributed by atoms with Gasteiger partial charge in [0.15, 0.2) is 17.7 Å². The Hall–Kier alpha value is -1.62. The summed E-state index contributed by atoms with van der Waals surface area (Å²) in [6.07, 6.45) is -0.330. The fourth-order valence-electron chi connectivity index (χ4n) is 1.67. The molecule has 16 heavy (non-hydrogen) atoms. The summed E-state index contributed by atoms with van der Waals surface area (Å²) in [6.45, 7) is 0.0529. The number of nitrogens with one attached hydrogen (secondary N) is 1. The number of amides is 1. The van der Waals surface area contributed by atoms with Crippen molar-refractivity contribution in [1.29, 1.82) is 0 Å². The molecule has 0 saturated heterocycles. The van der Waals surface area contributed by atoms with Crippen molar-refractivity contribution in [2.24, 2.45) is 0 Å². The van der Waals surface area contributed by atoms with Gasteiger partial charge in [0.1, 0.15) is 0 Å². The Labute approximate surface area is 92.0 Å². The van der Waals surface area contributed by atoms with Crippen LogP contribution in [0.4, 0.5) is 4.39 Å². The van der Waals surface area contributed by atoms with Gasteiger partial charge in [-0.2, -0.15) is 0 Å². The minimum atomic E-state index is -0.696. The van der Waals surface area contributed by atoms with Gasteiger partial charge < -0.3 is 15.2 Å². The highest BCUT2D eigenvalue weighted by molar-refractivity contribution is 5.82. The van der Waals surface area contributed by atoms with Gasteiger partial charge in [-0.25, -0.2) is 4.39 Å². The molecule has 2 N–H and O–H groups in total. The molecule has 1 aliphatic rings. The maximum atomic E-state index is 13.3. The zero-order valence-electron chi connectivity index (χ0n) is 8.57. The summed E-state index contributed by atoms with van der Waals surface area (Å²) >= 11 is 0. The quantitative estimate of drug-likeness (QED) is 0.774. The molecule has 0 bridgehead atoms. The maximum absolute atomic E-state index is 13.3. The number of rotatable bonds is 3. The number of aliphatic hydroxyl groups is 1. The van der Waals surface area contributed by atoms with E-state index in [-0.39, 0.29) is 24.8 Å². The number of carbonyl (C=O) groups is 1. The molecule has 0 spiro atoms. The molecule has 1 unspecified atom stereocenters. The average Bonchev–Trinajstić information content (AvgIpc) is 2.71. The SMILES string of the molecule is O=C(NCCO)C1Cc2cccc(F)c2O1. The number of fused-ring (bicyclic) bond motifs is 1. The Morgan fingerprint density at radius 2 is 2.44 bits per heavy atom. The molecule has 0 aromatic heterocycles. The van der Waals surface area contributed by atoms with Gasteiger partial charge in [0.2, 0.25) is 0 Å². The molecule has 1 amide bonds. The lowest BCUT2D eigenvalue weighted by molar-refractivity contribution is -0.127. The number of para-hydroxylation sites is 1. The largest absolute Gasteiger partial charge is 0.477 e. The van der Waals surface area contributed by atoms with Crippen LogP contribution in [0.1, 0.15) is 5.56 Å². The van der Waals surface area contributed by atoms with Crippen LogP contribution in [0.3, 0.4) is 0 Å². The number of hydrogen-bond acceptors (Lipinski definition) is 3. The van der Waals surface area contributed by atoms with E-state index < -0.39 is 11.9 Å². The van der Waals surface area contributed by atoms with E-state index >= 15 is 0 Å². The molecule has 0 aliphatic carbocycles. The fourth-order valence-corrected chi connectivity index (χ4v) is 1.67. The summed E-state index contributed by atoms with van der Waals surface area (Å²) in [7, 11) is 0. The van der Waals surface area contributed by atoms with Gasteiger partial charge in [0.25, 0.3) is 5.91 Å². The average molecular weight is 225 g/mol. The van der Waals surface area contributed by atoms with Crippen LogP contribution in [-0.4, -0.2) is 30.3 Å². The predicted octanol–water partition coefficient (Wildman–Crippen LogP) is 0.238. The minimum Gasteiger partial charge on any atom is -0.477 e. The molecule has 0 saturated carbocycles. The second-order valence-corrected chi connectivity index (χ2v) is 3.55. The fraction of sp³-hybridized carbons (Fsp3) is 0.364. The lowest BCUT2D eigenvalue weighted by Crippen LogP contribution is -2.38. The summed E-state index contributed by atoms with van der Waals surface area (Å²) in [6, 6.07) is 4.62. The van der Waals surface area contributed by atoms with Crippen molar-refractivity contribution >= 4 is 5.91 Å². The number of benzene rings is 1. The standard InChI is InChI=1S/C11H12FNO3/c12-8-3-1-2-7-6-9(16-10(7)8)11(15)13-4-5-14/h1-3,9,14H,4-6H2,(H,13,15). The Morgan fingerprint density at radius 1 is 1.62 bits per heavy atom. The zero-order chi connectivity index (χ0) is 11.5. The van der Waals surface area contributed by atoms with Crippen LogP contribution in [-0.2, 0) is 11.2 Å². The summed E-state index contributed by atoms with van der Waals surface area (Å²) in [5, 5.41) is 11.1. The number of hydrogen-bond donors (Lipinski definition) is 2. The first kappa shape index (κ1) is 10.9. The second kappa shape index (κ2) is 4.49. The maximum Gasteiger partial charge on any atom is 0.261 e. The highest BCUT2D eigenvalue weighted by atomic mass is 19.1. The van der Waals surface area contributed by atoms with E-state index in [1.165, 1.54) is 6.07 Å². The number of carbonyl (C=O) groups excluding carboxylic acids is 1. The monoisotopic (exact) mass is 225 g/mol. The van der Waals surface area contributed by atoms with E-state index in [1.807, 2.05) is 0 Å². The first-order valence-electron chi connectivity index (χ1n) is 5.05. The molecule has 0 radical (unpaired) electrons. The van der Waals surface area contributed by atoms with Crippen LogP contribution < -0.4 is 10.1 Å². The molecule has 0 fully saturated rings. The normalized spacial score (nSPS) is 17.8. The van der Waals surface area contributed by atoms with Crippen molar-refractivity contribution in [3.63, 3.8) is 0 Å². The van der Waals surface area contributed by atoms with Gasteiger partial charge in [-0.05, 0) is 6.07 Å². The second-order valence-electron chi connectivity index (χ2n) is 3.55. The molecule has 1 aromatic carbocycles. The van der Waals surface area contributed by atoms with Gasteiger partial charge in [0.05, 0.1) is 6.61 Å². The molecule has 1 aromatic rings. The minimum absolute atomic E-state index is 0.125. The third kappa shape index (κ3) is 1.99. The Bertz CT molecular complexity index is 408. The van der Waals surface area contributed by atoms with Gasteiger partial charge in [-0.3, -0.25) is 4.79 Å². The van der Waals surface area contributed by atoms with Crippen molar-refractivity contribution in [3.8, 4) is 5.75 Å². The topological polar surface area (TPSA) is 58.6 Å². The van der Waals surface area contributed by atoms with E-state index in [0.29, 0.717) is 12.0 Å². The Morgan fingerprint density at radius 3 is 3.12 bits per heavy atom. The zero-order valence-corrected chi connectivity index (χ0v) is 8.57. The highest BCUT2D eigenvalue weighted by Crippen LogP contribution is 2.31. The van der Waals surface area contributed by atoms with Gasteiger partial charge in [0, 0.05) is 18.5 Å². The van der Waals surface area contributed by atoms with Crippen molar-refractivity contribution in [2.75, 3.05) is 13.2 Å². The van der Waals surface area contributed by atoms with E-state index in [2.05, 4.69) is 5.32 Å². The lowest BCUT2D eigenvalue weighted by atomic mass is 10.1. The molecule has 86 valence electrons. The summed E-state index contributed by atoms with van der Waals surface area (Å²) in [5.41, 5.74) is 0.698. The van der Waals surface area contributed by atoms with Gasteiger partial charge >= 0.3 is 0 Å². The van der Waals surface area contributed by atoms with Crippen molar-refractivity contribution in [2.45, 2.75) is 12.5 Å². The van der Waals surface area contributed by atoms with Crippen LogP contribution >= 0.6 is 0 Å². The van der Waals surface area contributed by atoms with Gasteiger partial charge in [-0.15, -0.1) is 0 Å². The smallest absolute Gasteiger partial charge is 0.261 e. The van der Waals surface area contributed by atoms with Crippen molar-refractivity contribution in [1.82, 2.24) is 5.32 Å². The van der Waals surface area contributed by atoms with Crippen molar-refractivity contribution in [3.05, 3.63) is 29.6 Å². The van der Waals surface area contributed by atoms with Crippen molar-refractivity contribution < 1.29 is 19.0 Å². The first-order chi connectivity index (χ1) is 7.72. The van der Waals surface area contributed by atoms with E-state index in [0.717, 1.165) is 0 Å². The summed E-state index contributed by atoms with van der Waals surface area (Å²) in [4.78, 5) is 11.5. The molecule has 2 rings (SSSR count). The van der Waals surface area contributed by atoms with Crippen LogP contribution in [0.25, 0.3) is 0 Å². The molecule has 1 aliphatic heterocycles. The molecule has 4 nitrogen and oxygen atoms in total. The van der Waals surface area contributed by atoms with Crippen LogP contribution in [0, 0.1) is 5.82 Å². The van der Waals surface area contributed by atoms with Crippen LogP contribution in [0.2, 0.25) is 0 Å². The number of ether oxygens (including phenoxy) is 1. The van der Waals surface area contributed by atoms with E-state index in [4.69, 9.17) is 9.84 Å². The molecular formula is C11H12FNO3. The molecule has 1 heterocycles. The molecular weight excluding hydrogens is 213 g/mol. The molecule has 5 heteroatoms. The molecule has 1 atom stereocenters. The number of aliphatic hydroxyl groups excluding tert-OH is 1. The highest BCUT2D eigenvalue weighted by Gasteiger charge is 2.30. The van der Waals surface area contributed by atoms with Crippen LogP contribution in [0.5, 0.6) is 5.75 Å². The first-order valence-corrected chi connectivity index (χ1v) is 5.05.